The number of hydrogen-bond acceptors (Lipinski definition) is 5. The van der Waals surface area contributed by atoms with E-state index in [0.717, 1.165) is 0 Å². The Morgan fingerprint density at radius 2 is 2.04 bits per heavy atom. The summed E-state index contributed by atoms with van der Waals surface area (Å²) in [6.45, 7) is 7.15. The van der Waals surface area contributed by atoms with Crippen molar-refractivity contribution in [2.45, 2.75) is 26.8 Å². The zero-order chi connectivity index (χ0) is 17.5. The highest BCUT2D eigenvalue weighted by Gasteiger charge is 2.26. The number of fused-ring (bicyclic) bond motifs is 1. The average Bonchev–Trinajstić information content (AvgIpc) is 2.82. The molecular formula is C17H26N2O5. The van der Waals surface area contributed by atoms with Gasteiger partial charge in [0.1, 0.15) is 17.9 Å². The number of methoxy groups -OCH3 is 1. The molecule has 0 atom stereocenters. The normalized spacial score (nSPS) is 14.0. The van der Waals surface area contributed by atoms with E-state index in [0.29, 0.717) is 62.9 Å². The topological polar surface area (TPSA) is 70.0 Å². The highest BCUT2D eigenvalue weighted by atomic mass is 16.5. The minimum atomic E-state index is -0.168. The largest absolute Gasteiger partial charge is 0.490 e. The highest BCUT2D eigenvalue weighted by Crippen LogP contribution is 2.24. The second-order valence-electron chi connectivity index (χ2n) is 5.50. The fourth-order valence-electron chi connectivity index (χ4n) is 2.85. The van der Waals surface area contributed by atoms with Crippen LogP contribution in [0.15, 0.2) is 10.9 Å². The van der Waals surface area contributed by atoms with Crippen molar-refractivity contribution in [2.75, 3.05) is 46.6 Å². The van der Waals surface area contributed by atoms with Gasteiger partial charge in [-0.05, 0) is 13.8 Å². The zero-order valence-electron chi connectivity index (χ0n) is 14.7. The summed E-state index contributed by atoms with van der Waals surface area (Å²) < 4.78 is 17.8. The monoisotopic (exact) mass is 338 g/mol. The first-order valence-electron chi connectivity index (χ1n) is 8.39. The van der Waals surface area contributed by atoms with E-state index < -0.39 is 0 Å². The smallest absolute Gasteiger partial charge is 0.259 e. The van der Waals surface area contributed by atoms with E-state index in [-0.39, 0.29) is 18.1 Å². The van der Waals surface area contributed by atoms with E-state index in [9.17, 15) is 9.59 Å². The second-order valence-corrected chi connectivity index (χ2v) is 5.50. The van der Waals surface area contributed by atoms with Crippen LogP contribution >= 0.6 is 0 Å². The Balaban J connectivity index is 2.53. The van der Waals surface area contributed by atoms with Crippen molar-refractivity contribution >= 4 is 5.91 Å². The molecule has 0 aliphatic carbocycles. The minimum absolute atomic E-state index is 0.113. The van der Waals surface area contributed by atoms with E-state index in [1.165, 1.54) is 6.07 Å². The van der Waals surface area contributed by atoms with Crippen molar-refractivity contribution in [2.24, 2.45) is 0 Å². The lowest BCUT2D eigenvalue weighted by atomic mass is 10.1. The zero-order valence-corrected chi connectivity index (χ0v) is 14.7. The fraction of sp³-hybridized carbons (Fsp3) is 0.647. The predicted molar refractivity (Wildman–Crippen MR) is 89.8 cm³/mol. The number of pyridine rings is 1. The molecule has 0 radical (unpaired) electrons. The molecule has 0 bridgehead atoms. The molecule has 1 aromatic rings. The lowest BCUT2D eigenvalue weighted by Crippen LogP contribution is -2.35. The van der Waals surface area contributed by atoms with Crippen molar-refractivity contribution in [1.29, 1.82) is 0 Å². The van der Waals surface area contributed by atoms with Crippen molar-refractivity contribution < 1.29 is 19.0 Å². The van der Waals surface area contributed by atoms with Gasteiger partial charge in [-0.2, -0.15) is 0 Å². The van der Waals surface area contributed by atoms with Crippen LogP contribution in [0.2, 0.25) is 0 Å². The van der Waals surface area contributed by atoms with Crippen LogP contribution < -0.4 is 10.3 Å². The van der Waals surface area contributed by atoms with E-state index in [1.807, 2.05) is 13.8 Å². The quantitative estimate of drug-likeness (QED) is 0.692. The van der Waals surface area contributed by atoms with Gasteiger partial charge in [-0.3, -0.25) is 9.59 Å². The van der Waals surface area contributed by atoms with Gasteiger partial charge in [0.05, 0.1) is 19.8 Å². The van der Waals surface area contributed by atoms with Crippen molar-refractivity contribution in [3.05, 3.63) is 27.7 Å². The first kappa shape index (κ1) is 18.5. The van der Waals surface area contributed by atoms with Gasteiger partial charge in [-0.25, -0.2) is 0 Å². The summed E-state index contributed by atoms with van der Waals surface area (Å²) in [5.74, 6) is 0.222. The molecule has 1 aliphatic heterocycles. The Morgan fingerprint density at radius 3 is 2.71 bits per heavy atom. The summed E-state index contributed by atoms with van der Waals surface area (Å²) in [6, 6.07) is 1.40. The molecule has 7 nitrogen and oxygen atoms in total. The van der Waals surface area contributed by atoms with Crippen LogP contribution in [-0.2, 0) is 22.4 Å². The summed E-state index contributed by atoms with van der Waals surface area (Å²) in [7, 11) is 1.58. The SMILES string of the molecule is CCN(CC)C(=O)c1c(OCCOC)cc(=O)n2c1CCOCC2. The third-order valence-electron chi connectivity index (χ3n) is 4.13. The van der Waals surface area contributed by atoms with E-state index in [1.54, 1.807) is 16.6 Å². The second kappa shape index (κ2) is 8.84. The van der Waals surface area contributed by atoms with Gasteiger partial charge in [0.15, 0.2) is 0 Å². The van der Waals surface area contributed by atoms with Gasteiger partial charge in [-0.15, -0.1) is 0 Å². The summed E-state index contributed by atoms with van der Waals surface area (Å²) in [4.78, 5) is 27.2. The third-order valence-corrected chi connectivity index (χ3v) is 4.13. The number of ether oxygens (including phenoxy) is 3. The number of carbonyl (C=O) groups is 1. The van der Waals surface area contributed by atoms with E-state index >= 15 is 0 Å². The summed E-state index contributed by atoms with van der Waals surface area (Å²) >= 11 is 0. The summed E-state index contributed by atoms with van der Waals surface area (Å²) in [5.41, 5.74) is 1.00. The molecule has 2 rings (SSSR count). The molecule has 1 aromatic heterocycles. The molecular weight excluding hydrogens is 312 g/mol. The van der Waals surface area contributed by atoms with Gasteiger partial charge in [0.2, 0.25) is 0 Å². The molecule has 0 saturated carbocycles. The maximum atomic E-state index is 13.0. The van der Waals surface area contributed by atoms with Gasteiger partial charge < -0.3 is 23.7 Å². The van der Waals surface area contributed by atoms with Crippen molar-refractivity contribution in [3.8, 4) is 5.75 Å². The molecule has 1 amide bonds. The van der Waals surface area contributed by atoms with Crippen LogP contribution in [0, 0.1) is 0 Å². The van der Waals surface area contributed by atoms with E-state index in [4.69, 9.17) is 14.2 Å². The summed E-state index contributed by atoms with van der Waals surface area (Å²) in [5, 5.41) is 0. The first-order chi connectivity index (χ1) is 11.6. The van der Waals surface area contributed by atoms with Gasteiger partial charge in [0.25, 0.3) is 11.5 Å². The van der Waals surface area contributed by atoms with Gasteiger partial charge in [0, 0.05) is 44.9 Å². The number of aromatic nitrogens is 1. The molecule has 0 fully saturated rings. The van der Waals surface area contributed by atoms with Gasteiger partial charge in [-0.1, -0.05) is 0 Å². The third kappa shape index (κ3) is 3.96. The van der Waals surface area contributed by atoms with E-state index in [2.05, 4.69) is 0 Å². The number of carbonyl (C=O) groups excluding carboxylic acids is 1. The van der Waals surface area contributed by atoms with Gasteiger partial charge >= 0.3 is 0 Å². The molecule has 7 heteroatoms. The molecule has 1 aliphatic rings. The van der Waals surface area contributed by atoms with Crippen LogP contribution in [0.5, 0.6) is 5.75 Å². The molecule has 0 saturated heterocycles. The number of nitrogens with zero attached hydrogens (tertiary/aromatic N) is 2. The number of rotatable bonds is 7. The van der Waals surface area contributed by atoms with Crippen molar-refractivity contribution in [1.82, 2.24) is 9.47 Å². The lowest BCUT2D eigenvalue weighted by Gasteiger charge is -2.23. The van der Waals surface area contributed by atoms with Crippen molar-refractivity contribution in [3.63, 3.8) is 0 Å². The molecule has 0 unspecified atom stereocenters. The number of amides is 1. The molecule has 0 N–H and O–H groups in total. The standard InChI is InChI=1S/C17H26N2O5/c1-4-18(5-2)17(21)16-13-6-8-23-9-7-19(13)15(20)12-14(16)24-11-10-22-3/h12H,4-11H2,1-3H3. The Bertz CT molecular complexity index is 622. The highest BCUT2D eigenvalue weighted by molar-refractivity contribution is 5.98. The maximum absolute atomic E-state index is 13.0. The predicted octanol–water partition coefficient (Wildman–Crippen LogP) is 0.928. The van der Waals surface area contributed by atoms with Crippen LogP contribution in [-0.4, -0.2) is 62.0 Å². The summed E-state index contributed by atoms with van der Waals surface area (Å²) in [6.07, 6.45) is 0.513. The Hall–Kier alpha value is -1.86. The molecule has 134 valence electrons. The molecule has 24 heavy (non-hydrogen) atoms. The number of hydrogen-bond donors (Lipinski definition) is 0. The van der Waals surface area contributed by atoms with Crippen LogP contribution in [0.4, 0.5) is 0 Å². The Kier molecular flexibility index (Phi) is 6.81. The fourth-order valence-corrected chi connectivity index (χ4v) is 2.85. The molecule has 2 heterocycles. The minimum Gasteiger partial charge on any atom is -0.490 e. The van der Waals surface area contributed by atoms with Crippen LogP contribution in [0.3, 0.4) is 0 Å². The average molecular weight is 338 g/mol. The first-order valence-corrected chi connectivity index (χ1v) is 8.39. The maximum Gasteiger partial charge on any atom is 0.259 e. The van der Waals surface area contributed by atoms with Crippen LogP contribution in [0.1, 0.15) is 29.9 Å². The van der Waals surface area contributed by atoms with Crippen LogP contribution in [0.25, 0.3) is 0 Å². The Labute approximate surface area is 142 Å². The Morgan fingerprint density at radius 1 is 1.29 bits per heavy atom. The molecule has 0 spiro atoms. The lowest BCUT2D eigenvalue weighted by molar-refractivity contribution is 0.0763. The molecule has 0 aromatic carbocycles.